The molecule has 6 nitrogen and oxygen atoms in total. The van der Waals surface area contributed by atoms with Crippen LogP contribution in [0.5, 0.6) is 0 Å². The SMILES string of the molecule is O=C(/C=C/c1ccc(F)cc1)NNC(=O)Cn1c(C(F)(F)F)nc2ccccc21. The molecule has 1 heterocycles. The lowest BCUT2D eigenvalue weighted by molar-refractivity contribution is -0.147. The van der Waals surface area contributed by atoms with Crippen molar-refractivity contribution < 1.29 is 27.2 Å². The van der Waals surface area contributed by atoms with Gasteiger partial charge in [-0.15, -0.1) is 0 Å². The highest BCUT2D eigenvalue weighted by atomic mass is 19.4. The van der Waals surface area contributed by atoms with Crippen molar-refractivity contribution in [2.24, 2.45) is 0 Å². The van der Waals surface area contributed by atoms with E-state index in [1.165, 1.54) is 54.6 Å². The molecule has 0 aliphatic carbocycles. The van der Waals surface area contributed by atoms with E-state index in [1.54, 1.807) is 0 Å². The summed E-state index contributed by atoms with van der Waals surface area (Å²) in [6, 6.07) is 11.2. The van der Waals surface area contributed by atoms with E-state index in [4.69, 9.17) is 0 Å². The number of aromatic nitrogens is 2. The van der Waals surface area contributed by atoms with Gasteiger partial charge in [0, 0.05) is 6.08 Å². The number of rotatable bonds is 4. The monoisotopic (exact) mass is 406 g/mol. The maximum atomic E-state index is 13.2. The average Bonchev–Trinajstić information content (AvgIpc) is 3.05. The average molecular weight is 406 g/mol. The summed E-state index contributed by atoms with van der Waals surface area (Å²) in [6.45, 7) is -0.697. The zero-order chi connectivity index (χ0) is 21.0. The van der Waals surface area contributed by atoms with Gasteiger partial charge >= 0.3 is 6.18 Å². The Morgan fingerprint density at radius 1 is 1.03 bits per heavy atom. The van der Waals surface area contributed by atoms with Gasteiger partial charge in [0.15, 0.2) is 0 Å². The number of para-hydroxylation sites is 2. The molecule has 10 heteroatoms. The van der Waals surface area contributed by atoms with E-state index in [-0.39, 0.29) is 11.0 Å². The molecule has 2 amide bonds. The number of halogens is 4. The Labute approximate surface area is 161 Å². The van der Waals surface area contributed by atoms with Crippen molar-refractivity contribution >= 4 is 28.9 Å². The van der Waals surface area contributed by atoms with E-state index >= 15 is 0 Å². The molecule has 0 saturated heterocycles. The summed E-state index contributed by atoms with van der Waals surface area (Å²) in [7, 11) is 0. The van der Waals surface area contributed by atoms with Gasteiger partial charge in [-0.2, -0.15) is 13.2 Å². The fraction of sp³-hybridized carbons (Fsp3) is 0.105. The molecule has 0 aliphatic heterocycles. The molecular weight excluding hydrogens is 392 g/mol. The Balaban J connectivity index is 1.65. The third-order valence-corrected chi connectivity index (χ3v) is 3.83. The molecule has 0 fully saturated rings. The summed E-state index contributed by atoms with van der Waals surface area (Å²) < 4.78 is 53.2. The maximum Gasteiger partial charge on any atom is 0.449 e. The number of hydrogen-bond donors (Lipinski definition) is 2. The number of nitrogens with one attached hydrogen (secondary N) is 2. The highest BCUT2D eigenvalue weighted by Crippen LogP contribution is 2.31. The normalized spacial score (nSPS) is 11.7. The second-order valence-electron chi connectivity index (χ2n) is 5.93. The molecule has 0 saturated carbocycles. The minimum Gasteiger partial charge on any atom is -0.311 e. The van der Waals surface area contributed by atoms with Crippen LogP contribution in [0.4, 0.5) is 17.6 Å². The summed E-state index contributed by atoms with van der Waals surface area (Å²) in [5.74, 6) is -3.23. The van der Waals surface area contributed by atoms with Gasteiger partial charge < -0.3 is 4.57 Å². The zero-order valence-corrected chi connectivity index (χ0v) is 14.7. The van der Waals surface area contributed by atoms with Crippen molar-refractivity contribution in [3.05, 3.63) is 71.8 Å². The van der Waals surface area contributed by atoms with Crippen LogP contribution in [0.1, 0.15) is 11.4 Å². The van der Waals surface area contributed by atoms with Crippen LogP contribution in [0.25, 0.3) is 17.1 Å². The first kappa shape index (κ1) is 20.1. The van der Waals surface area contributed by atoms with E-state index < -0.39 is 36.2 Å². The molecule has 0 aliphatic rings. The topological polar surface area (TPSA) is 76.0 Å². The fourth-order valence-corrected chi connectivity index (χ4v) is 2.55. The van der Waals surface area contributed by atoms with Crippen LogP contribution in [-0.4, -0.2) is 21.4 Å². The number of hydrazine groups is 1. The van der Waals surface area contributed by atoms with Crippen molar-refractivity contribution in [2.45, 2.75) is 12.7 Å². The lowest BCUT2D eigenvalue weighted by atomic mass is 10.2. The van der Waals surface area contributed by atoms with Crippen molar-refractivity contribution in [1.29, 1.82) is 0 Å². The molecule has 0 radical (unpaired) electrons. The Morgan fingerprint density at radius 2 is 1.72 bits per heavy atom. The number of carbonyl (C=O) groups excluding carboxylic acids is 2. The number of carbonyl (C=O) groups is 2. The van der Waals surface area contributed by atoms with Gasteiger partial charge in [-0.1, -0.05) is 24.3 Å². The number of fused-ring (bicyclic) bond motifs is 1. The summed E-state index contributed by atoms with van der Waals surface area (Å²) in [4.78, 5) is 27.3. The molecule has 3 rings (SSSR count). The molecule has 0 atom stereocenters. The third kappa shape index (κ3) is 4.98. The molecule has 2 N–H and O–H groups in total. The number of hydrogen-bond acceptors (Lipinski definition) is 3. The van der Waals surface area contributed by atoms with Crippen LogP contribution in [-0.2, 0) is 22.3 Å². The van der Waals surface area contributed by atoms with E-state index in [9.17, 15) is 27.2 Å². The lowest BCUT2D eigenvalue weighted by Gasteiger charge is -2.11. The van der Waals surface area contributed by atoms with Crippen molar-refractivity contribution in [3.63, 3.8) is 0 Å². The predicted molar refractivity (Wildman–Crippen MR) is 96.5 cm³/mol. The van der Waals surface area contributed by atoms with Crippen LogP contribution >= 0.6 is 0 Å². The van der Waals surface area contributed by atoms with E-state index in [1.807, 2.05) is 5.43 Å². The molecule has 2 aromatic carbocycles. The third-order valence-electron chi connectivity index (χ3n) is 3.83. The molecule has 0 bridgehead atoms. The Kier molecular flexibility index (Phi) is 5.62. The van der Waals surface area contributed by atoms with Gasteiger partial charge in [0.1, 0.15) is 12.4 Å². The first-order valence-electron chi connectivity index (χ1n) is 8.29. The van der Waals surface area contributed by atoms with Crippen LogP contribution in [0.3, 0.4) is 0 Å². The van der Waals surface area contributed by atoms with Crippen LogP contribution < -0.4 is 10.9 Å². The van der Waals surface area contributed by atoms with Gasteiger partial charge in [-0.3, -0.25) is 20.4 Å². The van der Waals surface area contributed by atoms with Crippen molar-refractivity contribution in [1.82, 2.24) is 20.4 Å². The van der Waals surface area contributed by atoms with Gasteiger partial charge in [-0.05, 0) is 35.9 Å². The number of benzene rings is 2. The minimum absolute atomic E-state index is 0.0962. The quantitative estimate of drug-likeness (QED) is 0.397. The minimum atomic E-state index is -4.75. The first-order chi connectivity index (χ1) is 13.7. The molecule has 0 spiro atoms. The largest absolute Gasteiger partial charge is 0.449 e. The molecule has 1 aromatic heterocycles. The van der Waals surface area contributed by atoms with Gasteiger partial charge in [0.2, 0.25) is 5.82 Å². The molecule has 29 heavy (non-hydrogen) atoms. The van der Waals surface area contributed by atoms with E-state index in [0.717, 1.165) is 10.6 Å². The smallest absolute Gasteiger partial charge is 0.311 e. The molecule has 3 aromatic rings. The Morgan fingerprint density at radius 3 is 2.41 bits per heavy atom. The summed E-state index contributed by atoms with van der Waals surface area (Å²) in [5, 5.41) is 0. The predicted octanol–water partition coefficient (Wildman–Crippen LogP) is 3.06. The number of amides is 2. The van der Waals surface area contributed by atoms with Gasteiger partial charge in [0.25, 0.3) is 11.8 Å². The molecule has 0 unspecified atom stereocenters. The molecular formula is C19H14F4N4O2. The number of alkyl halides is 3. The second kappa shape index (κ2) is 8.13. The second-order valence-corrected chi connectivity index (χ2v) is 5.93. The highest BCUT2D eigenvalue weighted by molar-refractivity contribution is 5.93. The van der Waals surface area contributed by atoms with Crippen LogP contribution in [0.2, 0.25) is 0 Å². The first-order valence-corrected chi connectivity index (χ1v) is 8.29. The standard InChI is InChI=1S/C19H14F4N4O2/c20-13-8-5-12(6-9-13)7-10-16(28)25-26-17(29)11-27-15-4-2-1-3-14(15)24-18(27)19(21,22)23/h1-10H,11H2,(H,25,28)(H,26,29)/b10-7+. The Hall–Kier alpha value is -3.69. The maximum absolute atomic E-state index is 13.2. The van der Waals surface area contributed by atoms with Crippen molar-refractivity contribution in [3.8, 4) is 0 Å². The van der Waals surface area contributed by atoms with Crippen molar-refractivity contribution in [2.75, 3.05) is 0 Å². The number of nitrogens with zero attached hydrogens (tertiary/aromatic N) is 2. The van der Waals surface area contributed by atoms with Gasteiger partial charge in [0.05, 0.1) is 11.0 Å². The van der Waals surface area contributed by atoms with Gasteiger partial charge in [-0.25, -0.2) is 9.37 Å². The van der Waals surface area contributed by atoms with Crippen LogP contribution in [0.15, 0.2) is 54.6 Å². The fourth-order valence-electron chi connectivity index (χ4n) is 2.55. The summed E-state index contributed by atoms with van der Waals surface area (Å²) >= 11 is 0. The summed E-state index contributed by atoms with van der Waals surface area (Å²) in [6.07, 6.45) is -2.28. The lowest BCUT2D eigenvalue weighted by Crippen LogP contribution is -2.42. The van der Waals surface area contributed by atoms with Crippen LogP contribution in [0, 0.1) is 5.82 Å². The summed E-state index contributed by atoms with van der Waals surface area (Å²) in [5.41, 5.74) is 4.89. The number of imidazole rings is 1. The zero-order valence-electron chi connectivity index (χ0n) is 14.7. The van der Waals surface area contributed by atoms with E-state index in [0.29, 0.717) is 5.56 Å². The van der Waals surface area contributed by atoms with E-state index in [2.05, 4.69) is 10.4 Å². The Bertz CT molecular complexity index is 1070. The molecule has 150 valence electrons. The highest BCUT2D eigenvalue weighted by Gasteiger charge is 2.38.